The molecular formula is C20H29N5O. The van der Waals surface area contributed by atoms with Crippen molar-refractivity contribution in [2.45, 2.75) is 53.1 Å². The Balaban J connectivity index is 1.62. The van der Waals surface area contributed by atoms with Gasteiger partial charge in [-0.3, -0.25) is 4.79 Å². The van der Waals surface area contributed by atoms with Crippen LogP contribution in [0.4, 0.5) is 5.69 Å². The normalized spacial score (nSPS) is 15.5. The number of anilines is 1. The molecule has 0 saturated carbocycles. The molecule has 2 aromatic rings. The molecule has 6 heteroatoms. The van der Waals surface area contributed by atoms with Crippen molar-refractivity contribution in [1.82, 2.24) is 19.9 Å². The summed E-state index contributed by atoms with van der Waals surface area (Å²) < 4.78 is 1.85. The van der Waals surface area contributed by atoms with Crippen molar-refractivity contribution in [2.24, 2.45) is 5.92 Å². The summed E-state index contributed by atoms with van der Waals surface area (Å²) in [7, 11) is 0. The van der Waals surface area contributed by atoms with Gasteiger partial charge in [0.25, 0.3) is 5.91 Å². The number of carbonyl (C=O) groups excluding carboxylic acids is 1. The first-order chi connectivity index (χ1) is 12.4. The lowest BCUT2D eigenvalue weighted by atomic mass is 9.98. The smallest absolute Gasteiger partial charge is 0.253 e. The summed E-state index contributed by atoms with van der Waals surface area (Å²) in [5.41, 5.74) is 3.76. The maximum atomic E-state index is 12.7. The molecule has 1 saturated heterocycles. The minimum absolute atomic E-state index is 0.145. The lowest BCUT2D eigenvalue weighted by Gasteiger charge is -2.30. The number of aryl methyl sites for hydroxylation is 1. The molecule has 1 amide bonds. The molecule has 3 rings (SSSR count). The number of benzene rings is 1. The van der Waals surface area contributed by atoms with Crippen LogP contribution >= 0.6 is 0 Å². The minimum atomic E-state index is 0.145. The van der Waals surface area contributed by atoms with Gasteiger partial charge >= 0.3 is 0 Å². The molecular weight excluding hydrogens is 326 g/mol. The number of aromatic nitrogens is 3. The second-order valence-corrected chi connectivity index (χ2v) is 7.64. The van der Waals surface area contributed by atoms with Gasteiger partial charge in [-0.25, -0.2) is 4.68 Å². The highest BCUT2D eigenvalue weighted by Crippen LogP contribution is 2.21. The van der Waals surface area contributed by atoms with Gasteiger partial charge in [0.05, 0.1) is 12.7 Å². The summed E-state index contributed by atoms with van der Waals surface area (Å²) in [5, 5.41) is 11.7. The van der Waals surface area contributed by atoms with E-state index in [4.69, 9.17) is 0 Å². The quantitative estimate of drug-likeness (QED) is 0.889. The van der Waals surface area contributed by atoms with Gasteiger partial charge in [-0.1, -0.05) is 12.1 Å². The first-order valence-corrected chi connectivity index (χ1v) is 9.48. The van der Waals surface area contributed by atoms with Crippen LogP contribution in [0.3, 0.4) is 0 Å². The highest BCUT2D eigenvalue weighted by molar-refractivity contribution is 5.95. The molecule has 1 aromatic carbocycles. The van der Waals surface area contributed by atoms with Gasteiger partial charge in [0.1, 0.15) is 5.69 Å². The van der Waals surface area contributed by atoms with Gasteiger partial charge in [0.2, 0.25) is 0 Å². The van der Waals surface area contributed by atoms with Gasteiger partial charge in [-0.15, -0.1) is 5.10 Å². The second-order valence-electron chi connectivity index (χ2n) is 7.64. The Bertz CT molecular complexity index is 759. The Morgan fingerprint density at radius 2 is 2.04 bits per heavy atom. The van der Waals surface area contributed by atoms with Gasteiger partial charge < -0.3 is 10.2 Å². The Labute approximate surface area is 155 Å². The number of amides is 1. The zero-order chi connectivity index (χ0) is 18.7. The second kappa shape index (κ2) is 7.89. The summed E-state index contributed by atoms with van der Waals surface area (Å²) in [6.07, 6.45) is 4.16. The Hall–Kier alpha value is -2.37. The van der Waals surface area contributed by atoms with E-state index >= 15 is 0 Å². The molecule has 0 radical (unpaired) electrons. The van der Waals surface area contributed by atoms with E-state index in [1.54, 1.807) is 0 Å². The van der Waals surface area contributed by atoms with Gasteiger partial charge in [-0.2, -0.15) is 0 Å². The van der Waals surface area contributed by atoms with Crippen LogP contribution in [0.1, 0.15) is 61.3 Å². The van der Waals surface area contributed by atoms with E-state index in [9.17, 15) is 4.79 Å². The third-order valence-electron chi connectivity index (χ3n) is 5.09. The SMILES string of the molecule is Cc1cc(C(=O)N2CCC(C)CC2)ccc1NCc1cn(C(C)C)nn1. The van der Waals surface area contributed by atoms with E-state index in [0.29, 0.717) is 12.6 Å². The maximum Gasteiger partial charge on any atom is 0.253 e. The van der Waals surface area contributed by atoms with Crippen molar-refractivity contribution in [1.29, 1.82) is 0 Å². The molecule has 0 bridgehead atoms. The van der Waals surface area contributed by atoms with Crippen molar-refractivity contribution >= 4 is 11.6 Å². The molecule has 1 aromatic heterocycles. The first-order valence-electron chi connectivity index (χ1n) is 9.48. The fourth-order valence-electron chi connectivity index (χ4n) is 3.22. The summed E-state index contributed by atoms with van der Waals surface area (Å²) in [6.45, 7) is 10.8. The van der Waals surface area contributed by atoms with Crippen LogP contribution in [0.5, 0.6) is 0 Å². The van der Waals surface area contributed by atoms with E-state index < -0.39 is 0 Å². The molecule has 26 heavy (non-hydrogen) atoms. The van der Waals surface area contributed by atoms with Crippen LogP contribution < -0.4 is 5.32 Å². The third-order valence-corrected chi connectivity index (χ3v) is 5.09. The number of nitrogens with zero attached hydrogens (tertiary/aromatic N) is 4. The first kappa shape index (κ1) is 18.4. The molecule has 1 fully saturated rings. The van der Waals surface area contributed by atoms with Crippen LogP contribution in [0.25, 0.3) is 0 Å². The molecule has 0 atom stereocenters. The highest BCUT2D eigenvalue weighted by Gasteiger charge is 2.21. The minimum Gasteiger partial charge on any atom is -0.379 e. The summed E-state index contributed by atoms with van der Waals surface area (Å²) in [4.78, 5) is 14.7. The predicted octanol–water partition coefficient (Wildman–Crippen LogP) is 3.65. The van der Waals surface area contributed by atoms with E-state index in [-0.39, 0.29) is 5.91 Å². The van der Waals surface area contributed by atoms with E-state index in [1.165, 1.54) is 0 Å². The van der Waals surface area contributed by atoms with Gasteiger partial charge in [0.15, 0.2) is 0 Å². The number of likely N-dealkylation sites (tertiary alicyclic amines) is 1. The standard InChI is InChI=1S/C20H29N5O/c1-14(2)25-13-18(22-23-25)12-21-19-6-5-17(11-16(19)4)20(26)24-9-7-15(3)8-10-24/h5-6,11,13-15,21H,7-10,12H2,1-4H3. The molecule has 0 spiro atoms. The lowest BCUT2D eigenvalue weighted by Crippen LogP contribution is -2.37. The molecule has 0 aliphatic carbocycles. The molecule has 6 nitrogen and oxygen atoms in total. The van der Waals surface area contributed by atoms with Crippen molar-refractivity contribution in [2.75, 3.05) is 18.4 Å². The van der Waals surface area contributed by atoms with Crippen LogP contribution in [0.2, 0.25) is 0 Å². The lowest BCUT2D eigenvalue weighted by molar-refractivity contribution is 0.0697. The van der Waals surface area contributed by atoms with Gasteiger partial charge in [0, 0.05) is 30.4 Å². The largest absolute Gasteiger partial charge is 0.379 e. The highest BCUT2D eigenvalue weighted by atomic mass is 16.2. The predicted molar refractivity (Wildman–Crippen MR) is 103 cm³/mol. The zero-order valence-electron chi connectivity index (χ0n) is 16.2. The van der Waals surface area contributed by atoms with Gasteiger partial charge in [-0.05, 0) is 63.3 Å². The summed E-state index contributed by atoms with van der Waals surface area (Å²) in [6, 6.07) is 6.19. The van der Waals surface area contributed by atoms with E-state index in [2.05, 4.69) is 36.4 Å². The van der Waals surface area contributed by atoms with E-state index in [0.717, 1.165) is 54.4 Å². The fourth-order valence-corrected chi connectivity index (χ4v) is 3.22. The van der Waals surface area contributed by atoms with Crippen LogP contribution in [0, 0.1) is 12.8 Å². The molecule has 1 aliphatic rings. The fraction of sp³-hybridized carbons (Fsp3) is 0.550. The molecule has 1 aliphatic heterocycles. The number of piperidine rings is 1. The number of rotatable bonds is 5. The third kappa shape index (κ3) is 4.23. The molecule has 2 heterocycles. The number of carbonyl (C=O) groups is 1. The summed E-state index contributed by atoms with van der Waals surface area (Å²) in [5.74, 6) is 0.868. The van der Waals surface area contributed by atoms with Crippen molar-refractivity contribution in [3.05, 3.63) is 41.2 Å². The Morgan fingerprint density at radius 1 is 1.31 bits per heavy atom. The van der Waals surface area contributed by atoms with Crippen molar-refractivity contribution < 1.29 is 4.79 Å². The average molecular weight is 355 g/mol. The molecule has 0 unspecified atom stereocenters. The number of hydrogen-bond acceptors (Lipinski definition) is 4. The maximum absolute atomic E-state index is 12.7. The molecule has 1 N–H and O–H groups in total. The topological polar surface area (TPSA) is 63.1 Å². The Morgan fingerprint density at radius 3 is 2.65 bits per heavy atom. The average Bonchev–Trinajstić information content (AvgIpc) is 3.10. The number of nitrogens with one attached hydrogen (secondary N) is 1. The van der Waals surface area contributed by atoms with Crippen LogP contribution in [-0.4, -0.2) is 38.9 Å². The monoisotopic (exact) mass is 355 g/mol. The summed E-state index contributed by atoms with van der Waals surface area (Å²) >= 11 is 0. The number of hydrogen-bond donors (Lipinski definition) is 1. The molecule has 140 valence electrons. The zero-order valence-corrected chi connectivity index (χ0v) is 16.2. The van der Waals surface area contributed by atoms with Crippen molar-refractivity contribution in [3.8, 4) is 0 Å². The van der Waals surface area contributed by atoms with Crippen LogP contribution in [-0.2, 0) is 6.54 Å². The Kier molecular flexibility index (Phi) is 5.59. The van der Waals surface area contributed by atoms with Crippen LogP contribution in [0.15, 0.2) is 24.4 Å². The van der Waals surface area contributed by atoms with E-state index in [1.807, 2.05) is 40.9 Å². The van der Waals surface area contributed by atoms with Crippen molar-refractivity contribution in [3.63, 3.8) is 0 Å².